The van der Waals surface area contributed by atoms with E-state index in [1.807, 2.05) is 24.3 Å². The predicted octanol–water partition coefficient (Wildman–Crippen LogP) is 12.9. The normalized spacial score (nSPS) is 14.6. The summed E-state index contributed by atoms with van der Waals surface area (Å²) in [5.41, 5.74) is 0. The van der Waals surface area contributed by atoms with Crippen LogP contribution in [0.4, 0.5) is 0 Å². The van der Waals surface area contributed by atoms with Crippen molar-refractivity contribution in [1.29, 1.82) is 0 Å². The summed E-state index contributed by atoms with van der Waals surface area (Å²) >= 11 is 9.08. The van der Waals surface area contributed by atoms with Gasteiger partial charge in [-0.05, 0) is 182 Å². The Hall–Kier alpha value is -0.394. The zero-order chi connectivity index (χ0) is 54.6. The van der Waals surface area contributed by atoms with Gasteiger partial charge in [-0.25, -0.2) is 0 Å². The molecule has 0 amide bonds. The van der Waals surface area contributed by atoms with Gasteiger partial charge >= 0.3 is 51.6 Å². The summed E-state index contributed by atoms with van der Waals surface area (Å²) in [6.07, 6.45) is 1.81. The quantitative estimate of drug-likeness (QED) is 0.0427. The van der Waals surface area contributed by atoms with Gasteiger partial charge in [-0.2, -0.15) is 25.3 Å². The molecule has 0 aromatic heterocycles. The Kier molecular flexibility index (Phi) is 24.7. The predicted molar refractivity (Wildman–Crippen MR) is 341 cm³/mol. The molecule has 22 heteroatoms. The molecule has 0 bridgehead atoms. The largest absolute Gasteiger partial charge is 0.471 e. The minimum Gasteiger partial charge on any atom is -0.437 e. The lowest BCUT2D eigenvalue weighted by Gasteiger charge is -2.47. The Morgan fingerprint density at radius 2 is 0.556 bits per heavy atom. The van der Waals surface area contributed by atoms with E-state index in [2.05, 4.69) is 253 Å². The molecule has 0 heterocycles. The van der Waals surface area contributed by atoms with Crippen molar-refractivity contribution in [3.8, 4) is 0 Å². The van der Waals surface area contributed by atoms with E-state index >= 15 is 0 Å². The summed E-state index contributed by atoms with van der Waals surface area (Å²) < 4.78 is 64.3. The third-order valence-corrected chi connectivity index (χ3v) is 49.2. The van der Waals surface area contributed by atoms with Crippen LogP contribution >= 0.6 is 25.3 Å². The van der Waals surface area contributed by atoms with Crippen LogP contribution in [0.3, 0.4) is 0 Å². The molecule has 4 rings (SSSR count). The lowest BCUT2D eigenvalue weighted by molar-refractivity contribution is 0.225. The molecule has 0 N–H and O–H groups in total. The summed E-state index contributed by atoms with van der Waals surface area (Å²) in [6.45, 7) is 44.2. The molecule has 0 radical (unpaired) electrons. The van der Waals surface area contributed by atoms with Crippen molar-refractivity contribution in [1.82, 2.24) is 0 Å². The molecule has 4 aromatic carbocycles. The SMILES string of the molecule is C[Si](C)(C)O[Si](C)(C)O[Si](O[Si](C)(CCCS)O[Si](C)(C)C)(c1ccccc1)c1ccccc1.C[Si](C)(C)O[Si](C)(C)O[Si](O[Si](CCCS)(O[Si](C)(C)C)O[Si](C)(C)C)(c1ccccc1)c1ccccc1. The molecule has 1 unspecified atom stereocenters. The summed E-state index contributed by atoms with van der Waals surface area (Å²) in [6, 6.07) is 43.5. The Labute approximate surface area is 461 Å². The molecule has 404 valence electrons. The monoisotopic (exact) mass is 1210 g/mol. The molecule has 1 atom stereocenters. The number of hydrogen-bond donors (Lipinski definition) is 2. The topological polar surface area (TPSA) is 83.1 Å². The fourth-order valence-corrected chi connectivity index (χ4v) is 58.7. The zero-order valence-corrected chi connectivity index (χ0v) is 60.6. The zero-order valence-electron chi connectivity index (χ0n) is 47.9. The van der Waals surface area contributed by atoms with E-state index in [0.29, 0.717) is 6.04 Å². The molecular weight excluding hydrogens is 1120 g/mol. The highest BCUT2D eigenvalue weighted by atomic mass is 32.1. The average Bonchev–Trinajstić information content (AvgIpc) is 3.22. The number of thiol groups is 2. The highest BCUT2D eigenvalue weighted by molar-refractivity contribution is 7.80. The molecule has 0 spiro atoms. The Balaban J connectivity index is 0.000000383. The molecule has 0 fully saturated rings. The second-order valence-electron chi connectivity index (χ2n) is 24.4. The van der Waals surface area contributed by atoms with Gasteiger partial charge in [0.05, 0.1) is 0 Å². The molecular formula is C50H94O9S2Si11. The van der Waals surface area contributed by atoms with Crippen molar-refractivity contribution in [2.24, 2.45) is 0 Å². The molecule has 0 saturated carbocycles. The molecule has 4 aromatic rings. The summed E-state index contributed by atoms with van der Waals surface area (Å²) in [7, 11) is -27.4. The molecule has 0 saturated heterocycles. The second kappa shape index (κ2) is 27.0. The van der Waals surface area contributed by atoms with Gasteiger partial charge in [0, 0.05) is 6.04 Å². The van der Waals surface area contributed by atoms with Gasteiger partial charge in [0.2, 0.25) is 0 Å². The third kappa shape index (κ3) is 22.9. The van der Waals surface area contributed by atoms with E-state index in [-0.39, 0.29) is 0 Å². The van der Waals surface area contributed by atoms with Gasteiger partial charge in [-0.3, -0.25) is 0 Å². The molecule has 0 aliphatic rings. The van der Waals surface area contributed by atoms with Crippen LogP contribution in [0, 0.1) is 0 Å². The van der Waals surface area contributed by atoms with Crippen LogP contribution in [-0.2, 0) is 37.0 Å². The number of benzene rings is 4. The van der Waals surface area contributed by atoms with Gasteiger partial charge in [-0.15, -0.1) is 0 Å². The minimum absolute atomic E-state index is 0.708. The van der Waals surface area contributed by atoms with Crippen LogP contribution in [0.25, 0.3) is 0 Å². The molecule has 0 aliphatic carbocycles. The van der Waals surface area contributed by atoms with Crippen LogP contribution in [-0.4, -0.2) is 105 Å². The van der Waals surface area contributed by atoms with E-state index in [0.717, 1.165) is 51.1 Å². The van der Waals surface area contributed by atoms with Gasteiger partial charge in [0.15, 0.2) is 41.6 Å². The highest BCUT2D eigenvalue weighted by Gasteiger charge is 2.59. The van der Waals surface area contributed by atoms with Gasteiger partial charge in [0.25, 0.3) is 0 Å². The summed E-state index contributed by atoms with van der Waals surface area (Å²) in [5.74, 6) is 1.55. The van der Waals surface area contributed by atoms with Crippen LogP contribution < -0.4 is 20.7 Å². The maximum absolute atomic E-state index is 7.62. The fourth-order valence-electron chi connectivity index (χ4n) is 8.82. The van der Waals surface area contributed by atoms with Crippen molar-refractivity contribution in [2.75, 3.05) is 11.5 Å². The van der Waals surface area contributed by atoms with Crippen molar-refractivity contribution >= 4 is 139 Å². The lowest BCUT2D eigenvalue weighted by Crippen LogP contribution is -2.74. The maximum Gasteiger partial charge on any atom is 0.471 e. The lowest BCUT2D eigenvalue weighted by atomic mass is 10.4. The first-order valence-electron chi connectivity index (χ1n) is 25.7. The summed E-state index contributed by atoms with van der Waals surface area (Å²) in [5, 5.41) is 4.30. The van der Waals surface area contributed by atoms with Gasteiger partial charge in [-0.1, -0.05) is 121 Å². The van der Waals surface area contributed by atoms with E-state index < -0.39 is 93.2 Å². The van der Waals surface area contributed by atoms with Crippen LogP contribution in [0.2, 0.25) is 143 Å². The number of hydrogen-bond acceptors (Lipinski definition) is 11. The van der Waals surface area contributed by atoms with Crippen LogP contribution in [0.1, 0.15) is 12.8 Å². The average molecular weight is 1210 g/mol. The van der Waals surface area contributed by atoms with E-state index in [4.69, 9.17) is 37.0 Å². The molecule has 0 aliphatic heterocycles. The van der Waals surface area contributed by atoms with Crippen molar-refractivity contribution in [3.63, 3.8) is 0 Å². The van der Waals surface area contributed by atoms with Gasteiger partial charge < -0.3 is 37.0 Å². The van der Waals surface area contributed by atoms with Crippen molar-refractivity contribution in [3.05, 3.63) is 121 Å². The highest BCUT2D eigenvalue weighted by Crippen LogP contribution is 2.34. The Bertz CT molecular complexity index is 2100. The first-order valence-corrected chi connectivity index (χ1v) is 57.7. The second-order valence-corrected chi connectivity index (χ2v) is 68.8. The van der Waals surface area contributed by atoms with E-state index in [9.17, 15) is 0 Å². The molecule has 9 nitrogen and oxygen atoms in total. The van der Waals surface area contributed by atoms with E-state index in [1.54, 1.807) is 0 Å². The first kappa shape index (κ1) is 65.9. The van der Waals surface area contributed by atoms with Crippen LogP contribution in [0.15, 0.2) is 121 Å². The minimum atomic E-state index is -3.38. The first-order chi connectivity index (χ1) is 32.9. The standard InChI is InChI=1S/C26H50O5SSi6.C24H44O4SSi5/c1-33(2,3)27-36(10,11)30-38(25-19-14-12-15-20-25,26-21-16-13-17-22-26)31-37(24-18-23-32,28-34(4,5)6)29-35(7,8)9;1-30(2,3)25-32(7,8)27-34(23-17-12-10-13-18-23,24-19-14-11-15-20-24)28-33(9,22-16-21-29)26-31(4,5)6/h12-17,19-22,32H,18,23-24H2,1-11H3;10-15,17-20,29H,16,21-22H2,1-9H3. The maximum atomic E-state index is 7.62. The van der Waals surface area contributed by atoms with Gasteiger partial charge in [0.1, 0.15) is 0 Å². The molecule has 72 heavy (non-hydrogen) atoms. The van der Waals surface area contributed by atoms with E-state index in [1.165, 1.54) is 0 Å². The Morgan fingerprint density at radius 3 is 0.819 bits per heavy atom. The van der Waals surface area contributed by atoms with Crippen molar-refractivity contribution in [2.45, 2.75) is 156 Å². The fraction of sp³-hybridized carbons (Fsp3) is 0.520. The van der Waals surface area contributed by atoms with Crippen molar-refractivity contribution < 1.29 is 37.0 Å². The third-order valence-electron chi connectivity index (χ3n) is 10.0. The smallest absolute Gasteiger partial charge is 0.437 e. The Morgan fingerprint density at radius 1 is 0.292 bits per heavy atom. The summed E-state index contributed by atoms with van der Waals surface area (Å²) in [4.78, 5) is 0. The van der Waals surface area contributed by atoms with Crippen LogP contribution in [0.5, 0.6) is 0 Å². The number of rotatable bonds is 28.